The number of halogens is 1. The van der Waals surface area contributed by atoms with Crippen LogP contribution < -0.4 is 30.1 Å². The van der Waals surface area contributed by atoms with Gasteiger partial charge in [-0.3, -0.25) is 14.2 Å². The van der Waals surface area contributed by atoms with Gasteiger partial charge in [0.25, 0.3) is 11.5 Å². The van der Waals surface area contributed by atoms with Gasteiger partial charge in [-0.1, -0.05) is 49.2 Å². The maximum Gasteiger partial charge on any atom is 0.340 e. The molecule has 1 spiro atoms. The summed E-state index contributed by atoms with van der Waals surface area (Å²) in [5.74, 6) is 0.631. The van der Waals surface area contributed by atoms with Crippen molar-refractivity contribution in [3.63, 3.8) is 0 Å². The Labute approximate surface area is 410 Å². The van der Waals surface area contributed by atoms with Crippen LogP contribution in [0.25, 0.3) is 17.1 Å². The summed E-state index contributed by atoms with van der Waals surface area (Å²) in [6, 6.07) is 38.1. The van der Waals surface area contributed by atoms with E-state index >= 15 is 4.39 Å². The van der Waals surface area contributed by atoms with E-state index in [1.54, 1.807) is 60.8 Å². The van der Waals surface area contributed by atoms with Crippen molar-refractivity contribution in [1.82, 2.24) is 19.9 Å². The summed E-state index contributed by atoms with van der Waals surface area (Å²) >= 11 is 0. The third kappa shape index (κ3) is 9.04. The quantitative estimate of drug-likeness (QED) is 0.0631. The number of esters is 1. The van der Waals surface area contributed by atoms with Crippen molar-refractivity contribution >= 4 is 23.3 Å². The van der Waals surface area contributed by atoms with Gasteiger partial charge in [0, 0.05) is 99.5 Å². The number of nitrogens with zero attached hydrogens (tertiary/aromatic N) is 4. The third-order valence-electron chi connectivity index (χ3n) is 13.2. The van der Waals surface area contributed by atoms with Crippen LogP contribution in [0.5, 0.6) is 23.0 Å². The molecule has 0 saturated heterocycles. The Morgan fingerprint density at radius 2 is 1.48 bits per heavy atom. The summed E-state index contributed by atoms with van der Waals surface area (Å²) in [4.78, 5) is 53.2. The largest absolute Gasteiger partial charge is 0.508 e. The van der Waals surface area contributed by atoms with Gasteiger partial charge < -0.3 is 39.4 Å². The number of anilines is 2. The van der Waals surface area contributed by atoms with Gasteiger partial charge in [-0.05, 0) is 108 Å². The maximum atomic E-state index is 15.4. The number of ether oxygens (including phenoxy) is 3. The number of H-pyrrole nitrogens is 1. The number of carbonyl (C=O) groups excluding carboxylic acids is 2. The fourth-order valence-corrected chi connectivity index (χ4v) is 9.43. The molecule has 6 aromatic rings. The fourth-order valence-electron chi connectivity index (χ4n) is 9.43. The zero-order valence-corrected chi connectivity index (χ0v) is 39.9. The van der Waals surface area contributed by atoms with E-state index in [4.69, 9.17) is 19.2 Å². The highest BCUT2D eigenvalue weighted by Gasteiger charge is 2.54. The SMILES string of the molecule is CN(C)c1ccc2c(c1)Oc1cc(N(C)C)ccc1C21OC(=O)c2ccc(C(=O)NCCCCCCOc3ccc(Cc4nc5c(Cc6ccccc6)[nH]c(-c6ccc(O)cc6)cn-5c4=O)cc3F)cc21. The number of hydrogen-bond donors (Lipinski definition) is 3. The molecule has 0 radical (unpaired) electrons. The second-order valence-electron chi connectivity index (χ2n) is 18.5. The van der Waals surface area contributed by atoms with Crippen LogP contribution in [0.4, 0.5) is 15.8 Å². The molecule has 10 rings (SSSR count). The normalized spacial score (nSPS) is 13.0. The van der Waals surface area contributed by atoms with Crippen LogP contribution in [-0.2, 0) is 23.2 Å². The number of nitrogens with one attached hydrogen (secondary N) is 2. The third-order valence-corrected chi connectivity index (χ3v) is 13.2. The second kappa shape index (κ2) is 19.2. The lowest BCUT2D eigenvalue weighted by molar-refractivity contribution is 0.0224. The van der Waals surface area contributed by atoms with Gasteiger partial charge in [0.1, 0.15) is 22.9 Å². The number of carbonyl (C=O) groups is 2. The average molecular weight is 953 g/mol. The molecule has 13 nitrogen and oxygen atoms in total. The lowest BCUT2D eigenvalue weighted by Crippen LogP contribution is -2.33. The lowest BCUT2D eigenvalue weighted by Gasteiger charge is -2.37. The molecule has 1 amide bonds. The summed E-state index contributed by atoms with van der Waals surface area (Å²) in [7, 11) is 7.79. The first kappa shape index (κ1) is 46.3. The Hall–Kier alpha value is -8.39. The van der Waals surface area contributed by atoms with Crippen LogP contribution >= 0.6 is 0 Å². The Morgan fingerprint density at radius 1 is 0.775 bits per heavy atom. The highest BCUT2D eigenvalue weighted by Crippen LogP contribution is 2.57. The highest BCUT2D eigenvalue weighted by atomic mass is 19.1. The van der Waals surface area contributed by atoms with Crippen molar-refractivity contribution in [2.45, 2.75) is 44.1 Å². The number of amides is 1. The van der Waals surface area contributed by atoms with Crippen LogP contribution in [0.1, 0.15) is 85.6 Å². The minimum Gasteiger partial charge on any atom is -0.508 e. The predicted octanol–water partition coefficient (Wildman–Crippen LogP) is 9.76. The summed E-state index contributed by atoms with van der Waals surface area (Å²) in [6.07, 6.45) is 5.37. The molecule has 4 aliphatic rings. The van der Waals surface area contributed by atoms with Gasteiger partial charge in [0.2, 0.25) is 0 Å². The van der Waals surface area contributed by atoms with Crippen molar-refractivity contribution < 1.29 is 33.3 Å². The molecule has 0 fully saturated rings. The number of imidazole rings is 1. The zero-order chi connectivity index (χ0) is 49.4. The van der Waals surface area contributed by atoms with Crippen molar-refractivity contribution in [3.05, 3.63) is 200 Å². The topological polar surface area (TPSA) is 151 Å². The van der Waals surface area contributed by atoms with E-state index in [9.17, 15) is 19.5 Å². The summed E-state index contributed by atoms with van der Waals surface area (Å²) < 4.78 is 35.6. The number of aromatic amines is 1. The fraction of sp³-hybridized carbons (Fsp3) is 0.228. The molecular weight excluding hydrogens is 900 g/mol. The van der Waals surface area contributed by atoms with E-state index < -0.39 is 17.4 Å². The van der Waals surface area contributed by atoms with Crippen molar-refractivity contribution in [1.29, 1.82) is 0 Å². The molecule has 0 saturated carbocycles. The van der Waals surface area contributed by atoms with Crippen LogP contribution in [0.3, 0.4) is 0 Å². The number of aromatic hydroxyl groups is 1. The molecule has 14 heteroatoms. The van der Waals surface area contributed by atoms with E-state index in [-0.39, 0.29) is 35.1 Å². The first-order valence-corrected chi connectivity index (χ1v) is 23.7. The van der Waals surface area contributed by atoms with Crippen molar-refractivity contribution in [3.8, 4) is 40.1 Å². The summed E-state index contributed by atoms with van der Waals surface area (Å²) in [6.45, 7) is 0.753. The van der Waals surface area contributed by atoms with Gasteiger partial charge in [0.15, 0.2) is 23.0 Å². The van der Waals surface area contributed by atoms with Crippen LogP contribution in [0, 0.1) is 5.82 Å². The molecule has 0 unspecified atom stereocenters. The number of rotatable bonds is 16. The molecule has 360 valence electrons. The van der Waals surface area contributed by atoms with E-state index in [0.29, 0.717) is 82.4 Å². The monoisotopic (exact) mass is 952 g/mol. The van der Waals surface area contributed by atoms with E-state index in [1.165, 1.54) is 10.6 Å². The molecule has 6 aromatic carbocycles. The minimum atomic E-state index is -1.32. The van der Waals surface area contributed by atoms with Crippen LogP contribution in [-0.4, -0.2) is 72.9 Å². The molecule has 0 aromatic heterocycles. The number of aromatic nitrogens is 3. The standard InChI is InChI=1S/C57H53FN6O7/c1-62(2)39-18-23-43-51(32-39)70-52-33-40(63(3)4)19-24-44(52)57(43)45-31-38(17-22-42(45)56(68)71-57)54(66)59-26-10-5-6-11-27-69-50-25-14-36(28-46(50)58)30-48-55(67)64-34-49(37-15-20-41(65)21-16-37)60-47(53(64)61-48)29-35-12-8-7-9-13-35/h7-9,12-25,28,31-34,60,65H,5-6,10-11,26-27,29-30H2,1-4H3,(H,59,66). The van der Waals surface area contributed by atoms with Crippen LogP contribution in [0.2, 0.25) is 0 Å². The number of phenols is 1. The number of phenolic OH excluding ortho intramolecular Hbond substituents is 1. The zero-order valence-electron chi connectivity index (χ0n) is 39.9. The lowest BCUT2D eigenvalue weighted by atomic mass is 9.77. The van der Waals surface area contributed by atoms with E-state index in [0.717, 1.165) is 47.5 Å². The first-order valence-electron chi connectivity index (χ1n) is 23.7. The van der Waals surface area contributed by atoms with Gasteiger partial charge in [0.05, 0.1) is 23.6 Å². The highest BCUT2D eigenvalue weighted by molar-refractivity contribution is 6.00. The summed E-state index contributed by atoms with van der Waals surface area (Å²) in [5, 5.41) is 12.9. The Morgan fingerprint density at radius 3 is 2.17 bits per heavy atom. The molecule has 4 aliphatic heterocycles. The van der Waals surface area contributed by atoms with Crippen LogP contribution in [0.15, 0.2) is 138 Å². The van der Waals surface area contributed by atoms with Gasteiger partial charge in [-0.25, -0.2) is 14.2 Å². The Bertz CT molecular complexity index is 3270. The smallest absolute Gasteiger partial charge is 0.340 e. The van der Waals surface area contributed by atoms with E-state index in [2.05, 4.69) is 10.3 Å². The van der Waals surface area contributed by atoms with Crippen molar-refractivity contribution in [2.24, 2.45) is 0 Å². The molecule has 0 atom stereocenters. The molecule has 71 heavy (non-hydrogen) atoms. The van der Waals surface area contributed by atoms with Crippen molar-refractivity contribution in [2.75, 3.05) is 51.1 Å². The number of fused-ring (bicyclic) bond motifs is 7. The predicted molar refractivity (Wildman–Crippen MR) is 271 cm³/mol. The van der Waals surface area contributed by atoms with Gasteiger partial charge in [-0.2, -0.15) is 0 Å². The summed E-state index contributed by atoms with van der Waals surface area (Å²) in [5.41, 5.74) is 7.11. The first-order chi connectivity index (χ1) is 34.4. The number of benzene rings is 6. The molecule has 0 aliphatic carbocycles. The van der Waals surface area contributed by atoms with E-state index in [1.807, 2.05) is 105 Å². The molecular formula is C57H53FN6O7. The molecule has 3 N–H and O–H groups in total. The molecule has 4 heterocycles. The Balaban J connectivity index is 0.744. The van der Waals surface area contributed by atoms with Gasteiger partial charge >= 0.3 is 5.97 Å². The average Bonchev–Trinajstić information content (AvgIpc) is 3.84. The maximum absolute atomic E-state index is 15.4. The second-order valence-corrected chi connectivity index (χ2v) is 18.5. The number of hydrogen-bond acceptors (Lipinski definition) is 10. The Kier molecular flexibility index (Phi) is 12.5. The number of unbranched alkanes of at least 4 members (excludes halogenated alkanes) is 3. The molecule has 0 bridgehead atoms. The van der Waals surface area contributed by atoms with Gasteiger partial charge in [-0.15, -0.1) is 0 Å². The minimum absolute atomic E-state index is 0.128.